The third kappa shape index (κ3) is 6.01. The fourth-order valence-electron chi connectivity index (χ4n) is 4.17. The number of aryl methyl sites for hydroxylation is 2. The Kier molecular flexibility index (Phi) is 8.52. The van der Waals surface area contributed by atoms with Crippen LogP contribution in [0.25, 0.3) is 21.3 Å². The first-order valence-corrected chi connectivity index (χ1v) is 12.8. The van der Waals surface area contributed by atoms with Crippen LogP contribution in [0.3, 0.4) is 0 Å². The fourth-order valence-corrected chi connectivity index (χ4v) is 5.24. The number of aromatic nitrogens is 3. The number of halogens is 1. The number of thiazole rings is 1. The Morgan fingerprint density at radius 3 is 2.44 bits per heavy atom. The maximum atomic E-state index is 13.5. The molecule has 1 amide bonds. The summed E-state index contributed by atoms with van der Waals surface area (Å²) in [6.45, 7) is 3.57. The van der Waals surface area contributed by atoms with Gasteiger partial charge in [-0.1, -0.05) is 78.9 Å². The van der Waals surface area contributed by atoms with Gasteiger partial charge in [-0.3, -0.25) is 9.69 Å². The minimum atomic E-state index is 0. The van der Waals surface area contributed by atoms with E-state index in [0.717, 1.165) is 45.9 Å². The van der Waals surface area contributed by atoms with Crippen LogP contribution >= 0.6 is 23.7 Å². The van der Waals surface area contributed by atoms with Gasteiger partial charge in [0.05, 0.1) is 23.0 Å². The molecule has 0 aliphatic heterocycles. The van der Waals surface area contributed by atoms with Crippen molar-refractivity contribution in [3.63, 3.8) is 0 Å². The van der Waals surface area contributed by atoms with Crippen molar-refractivity contribution in [1.82, 2.24) is 14.5 Å². The second-order valence-electron chi connectivity index (χ2n) is 8.59. The molecule has 7 heteroatoms. The molecule has 0 saturated carbocycles. The van der Waals surface area contributed by atoms with Gasteiger partial charge in [0.15, 0.2) is 5.13 Å². The number of hydrogen-bond acceptors (Lipinski definition) is 4. The molecular formula is C29H29ClN4OS. The van der Waals surface area contributed by atoms with Crippen LogP contribution in [0.2, 0.25) is 0 Å². The number of hydrogen-bond donors (Lipinski definition) is 0. The molecular weight excluding hydrogens is 488 g/mol. The van der Waals surface area contributed by atoms with Crippen LogP contribution < -0.4 is 4.90 Å². The SMILES string of the molecule is CCc1ccc2nc(N(CCCn3ccnc3)C(=O)Cc3ccc(-c4ccccc4)cc3)sc2c1.Cl. The number of benzene rings is 3. The predicted octanol–water partition coefficient (Wildman–Crippen LogP) is 6.81. The van der Waals surface area contributed by atoms with Crippen molar-refractivity contribution in [2.75, 3.05) is 11.4 Å². The number of nitrogens with zero attached hydrogens (tertiary/aromatic N) is 4. The van der Waals surface area contributed by atoms with Crippen molar-refractivity contribution in [2.45, 2.75) is 32.7 Å². The largest absolute Gasteiger partial charge is 0.337 e. The first kappa shape index (κ1) is 25.6. The molecule has 0 radical (unpaired) electrons. The molecule has 2 aromatic heterocycles. The van der Waals surface area contributed by atoms with Crippen LogP contribution in [0.1, 0.15) is 24.5 Å². The van der Waals surface area contributed by atoms with Crippen molar-refractivity contribution in [2.24, 2.45) is 0 Å². The average molecular weight is 517 g/mol. The van der Waals surface area contributed by atoms with Gasteiger partial charge in [0.2, 0.25) is 5.91 Å². The van der Waals surface area contributed by atoms with Crippen LogP contribution in [0.4, 0.5) is 5.13 Å². The summed E-state index contributed by atoms with van der Waals surface area (Å²) in [6, 6.07) is 24.9. The maximum absolute atomic E-state index is 13.5. The summed E-state index contributed by atoms with van der Waals surface area (Å²) in [5, 5.41) is 0.768. The van der Waals surface area contributed by atoms with Gasteiger partial charge in [-0.05, 0) is 47.2 Å². The number of carbonyl (C=O) groups excluding carboxylic acids is 1. The lowest BCUT2D eigenvalue weighted by molar-refractivity contribution is -0.118. The maximum Gasteiger partial charge on any atom is 0.233 e. The first-order valence-electron chi connectivity index (χ1n) is 12.0. The Hall–Kier alpha value is -3.48. The molecule has 0 bridgehead atoms. The summed E-state index contributed by atoms with van der Waals surface area (Å²) in [5.74, 6) is 0.0675. The Morgan fingerprint density at radius 2 is 1.72 bits per heavy atom. The second-order valence-corrected chi connectivity index (χ2v) is 9.60. The van der Waals surface area contributed by atoms with Crippen molar-refractivity contribution >= 4 is 45.0 Å². The van der Waals surface area contributed by atoms with E-state index in [4.69, 9.17) is 4.98 Å². The summed E-state index contributed by atoms with van der Waals surface area (Å²) < 4.78 is 3.16. The highest BCUT2D eigenvalue weighted by Gasteiger charge is 2.20. The first-order chi connectivity index (χ1) is 17.2. The van der Waals surface area contributed by atoms with Gasteiger partial charge >= 0.3 is 0 Å². The van der Waals surface area contributed by atoms with E-state index in [1.165, 1.54) is 11.1 Å². The highest BCUT2D eigenvalue weighted by Crippen LogP contribution is 2.30. The zero-order chi connectivity index (χ0) is 24.0. The third-order valence-electron chi connectivity index (χ3n) is 6.16. The molecule has 0 atom stereocenters. The van der Waals surface area contributed by atoms with Gasteiger partial charge in [-0.25, -0.2) is 9.97 Å². The molecule has 2 heterocycles. The molecule has 5 rings (SSSR count). The van der Waals surface area contributed by atoms with E-state index in [-0.39, 0.29) is 18.3 Å². The van der Waals surface area contributed by atoms with Crippen LogP contribution in [-0.4, -0.2) is 27.0 Å². The van der Waals surface area contributed by atoms with Crippen molar-refractivity contribution in [3.05, 3.63) is 103 Å². The molecule has 184 valence electrons. The Balaban J connectivity index is 0.00000304. The topological polar surface area (TPSA) is 51.0 Å². The van der Waals surface area contributed by atoms with Gasteiger partial charge in [0, 0.05) is 25.5 Å². The number of carbonyl (C=O) groups is 1. The lowest BCUT2D eigenvalue weighted by atomic mass is 10.0. The van der Waals surface area contributed by atoms with E-state index in [1.807, 2.05) is 40.2 Å². The zero-order valence-corrected chi connectivity index (χ0v) is 21.8. The number of amides is 1. The van der Waals surface area contributed by atoms with E-state index >= 15 is 0 Å². The molecule has 0 spiro atoms. The highest BCUT2D eigenvalue weighted by molar-refractivity contribution is 7.22. The molecule has 0 N–H and O–H groups in total. The molecule has 5 nitrogen and oxygen atoms in total. The molecule has 0 aliphatic rings. The van der Waals surface area contributed by atoms with Crippen LogP contribution in [0.15, 0.2) is 91.5 Å². The zero-order valence-electron chi connectivity index (χ0n) is 20.2. The molecule has 5 aromatic rings. The number of imidazole rings is 1. The number of fused-ring (bicyclic) bond motifs is 1. The summed E-state index contributed by atoms with van der Waals surface area (Å²) in [4.78, 5) is 24.3. The van der Waals surface area contributed by atoms with Crippen LogP contribution in [0.5, 0.6) is 0 Å². The van der Waals surface area contributed by atoms with E-state index in [0.29, 0.717) is 13.0 Å². The lowest BCUT2D eigenvalue weighted by Crippen LogP contribution is -2.33. The fraction of sp³-hybridized carbons (Fsp3) is 0.207. The van der Waals surface area contributed by atoms with Crippen molar-refractivity contribution < 1.29 is 4.79 Å². The van der Waals surface area contributed by atoms with Gasteiger partial charge in [-0.15, -0.1) is 12.4 Å². The lowest BCUT2D eigenvalue weighted by Gasteiger charge is -2.20. The molecule has 0 unspecified atom stereocenters. The summed E-state index contributed by atoms with van der Waals surface area (Å²) in [6.07, 6.45) is 7.69. The summed E-state index contributed by atoms with van der Waals surface area (Å²) in [7, 11) is 0. The van der Waals surface area contributed by atoms with Crippen molar-refractivity contribution in [1.29, 1.82) is 0 Å². The van der Waals surface area contributed by atoms with Gasteiger partial charge in [0.1, 0.15) is 0 Å². The predicted molar refractivity (Wildman–Crippen MR) is 151 cm³/mol. The number of rotatable bonds is 9. The number of anilines is 1. The normalized spacial score (nSPS) is 10.8. The smallest absolute Gasteiger partial charge is 0.233 e. The molecule has 3 aromatic carbocycles. The van der Waals surface area contributed by atoms with Gasteiger partial charge in [0.25, 0.3) is 0 Å². The third-order valence-corrected chi connectivity index (χ3v) is 7.20. The van der Waals surface area contributed by atoms with Gasteiger partial charge in [-0.2, -0.15) is 0 Å². The Morgan fingerprint density at radius 1 is 0.972 bits per heavy atom. The van der Waals surface area contributed by atoms with E-state index in [9.17, 15) is 4.79 Å². The summed E-state index contributed by atoms with van der Waals surface area (Å²) in [5.41, 5.74) is 5.55. The average Bonchev–Trinajstić information content (AvgIpc) is 3.57. The Bertz CT molecular complexity index is 1400. The Labute approximate surface area is 221 Å². The quantitative estimate of drug-likeness (QED) is 0.216. The van der Waals surface area contributed by atoms with Gasteiger partial charge < -0.3 is 4.57 Å². The molecule has 0 fully saturated rings. The standard InChI is InChI=1S/C29H28N4OS.ClH/c1-2-22-11-14-26-27(19-22)35-29(31-26)33(17-6-16-32-18-15-30-21-32)28(34)20-23-9-12-25(13-10-23)24-7-4-3-5-8-24;/h3-5,7-15,18-19,21H,2,6,16-17,20H2,1H3;1H. The molecule has 36 heavy (non-hydrogen) atoms. The minimum absolute atomic E-state index is 0. The molecule has 0 aliphatic carbocycles. The molecule has 0 saturated heterocycles. The van der Waals surface area contributed by atoms with E-state index < -0.39 is 0 Å². The highest BCUT2D eigenvalue weighted by atomic mass is 35.5. The van der Waals surface area contributed by atoms with E-state index in [2.05, 4.69) is 66.5 Å². The van der Waals surface area contributed by atoms with Crippen molar-refractivity contribution in [3.8, 4) is 11.1 Å². The second kappa shape index (κ2) is 12.0. The summed E-state index contributed by atoms with van der Waals surface area (Å²) >= 11 is 1.60. The van der Waals surface area contributed by atoms with E-state index in [1.54, 1.807) is 17.5 Å². The van der Waals surface area contributed by atoms with Crippen LogP contribution in [0, 0.1) is 0 Å². The van der Waals surface area contributed by atoms with Crippen LogP contribution in [-0.2, 0) is 24.2 Å². The monoisotopic (exact) mass is 516 g/mol. The minimum Gasteiger partial charge on any atom is -0.337 e.